The SMILES string of the molecule is NC(=O)c1ccc(N)c(OCC(F)F)n1. The zero-order valence-corrected chi connectivity index (χ0v) is 7.61. The summed E-state index contributed by atoms with van der Waals surface area (Å²) in [6.45, 7) is -0.834. The summed E-state index contributed by atoms with van der Waals surface area (Å²) in [4.78, 5) is 14.3. The second-order valence-electron chi connectivity index (χ2n) is 2.66. The Morgan fingerprint density at radius 1 is 1.53 bits per heavy atom. The van der Waals surface area contributed by atoms with Crippen LogP contribution in [0.25, 0.3) is 0 Å². The van der Waals surface area contributed by atoms with Gasteiger partial charge in [-0.05, 0) is 12.1 Å². The molecule has 0 aromatic carbocycles. The molecule has 0 spiro atoms. The first-order chi connectivity index (χ1) is 7.00. The summed E-state index contributed by atoms with van der Waals surface area (Å²) in [5.41, 5.74) is 10.3. The van der Waals surface area contributed by atoms with Crippen molar-refractivity contribution in [2.45, 2.75) is 6.43 Å². The van der Waals surface area contributed by atoms with Crippen molar-refractivity contribution in [2.24, 2.45) is 5.73 Å². The Bertz CT molecular complexity index is 371. The van der Waals surface area contributed by atoms with Gasteiger partial charge in [-0.2, -0.15) is 0 Å². The second-order valence-corrected chi connectivity index (χ2v) is 2.66. The van der Waals surface area contributed by atoms with E-state index in [0.717, 1.165) is 0 Å². The molecule has 0 unspecified atom stereocenters. The highest BCUT2D eigenvalue weighted by molar-refractivity contribution is 5.91. The summed E-state index contributed by atoms with van der Waals surface area (Å²) < 4.78 is 28.2. The number of nitrogens with zero attached hydrogens (tertiary/aromatic N) is 1. The van der Waals surface area contributed by atoms with Crippen molar-refractivity contribution in [3.05, 3.63) is 17.8 Å². The van der Waals surface area contributed by atoms with Gasteiger partial charge in [-0.25, -0.2) is 13.8 Å². The lowest BCUT2D eigenvalue weighted by atomic mass is 10.3. The van der Waals surface area contributed by atoms with E-state index in [-0.39, 0.29) is 17.3 Å². The Balaban J connectivity index is 2.85. The lowest BCUT2D eigenvalue weighted by Crippen LogP contribution is -2.15. The van der Waals surface area contributed by atoms with Gasteiger partial charge in [0.25, 0.3) is 12.3 Å². The first-order valence-electron chi connectivity index (χ1n) is 3.98. The molecule has 0 bridgehead atoms. The number of aromatic nitrogens is 1. The number of pyridine rings is 1. The highest BCUT2D eigenvalue weighted by atomic mass is 19.3. The number of hydrogen-bond donors (Lipinski definition) is 2. The summed E-state index contributed by atoms with van der Waals surface area (Å²) in [6, 6.07) is 2.60. The zero-order valence-electron chi connectivity index (χ0n) is 7.61. The molecular formula is C8H9F2N3O2. The topological polar surface area (TPSA) is 91.2 Å². The Morgan fingerprint density at radius 3 is 2.73 bits per heavy atom. The minimum Gasteiger partial charge on any atom is -0.470 e. The lowest BCUT2D eigenvalue weighted by Gasteiger charge is -2.07. The summed E-state index contributed by atoms with van der Waals surface area (Å²) in [5.74, 6) is -0.997. The number of hydrogen-bond acceptors (Lipinski definition) is 4. The van der Waals surface area contributed by atoms with E-state index in [1.807, 2.05) is 0 Å². The molecule has 0 aliphatic heterocycles. The standard InChI is InChI=1S/C8H9F2N3O2/c9-6(10)3-15-8-4(11)1-2-5(13-8)7(12)14/h1-2,6H,3,11H2,(H2,12,14). The number of nitrogens with two attached hydrogens (primary N) is 2. The average molecular weight is 217 g/mol. The minimum atomic E-state index is -2.64. The number of carbonyl (C=O) groups is 1. The highest BCUT2D eigenvalue weighted by Crippen LogP contribution is 2.18. The van der Waals surface area contributed by atoms with Crippen molar-refractivity contribution in [3.8, 4) is 5.88 Å². The summed E-state index contributed by atoms with van der Waals surface area (Å²) in [6.07, 6.45) is -2.64. The van der Waals surface area contributed by atoms with E-state index >= 15 is 0 Å². The molecule has 1 heterocycles. The van der Waals surface area contributed by atoms with Crippen LogP contribution < -0.4 is 16.2 Å². The maximum atomic E-state index is 11.8. The Kier molecular flexibility index (Phi) is 3.37. The largest absolute Gasteiger partial charge is 0.470 e. The van der Waals surface area contributed by atoms with Gasteiger partial charge >= 0.3 is 0 Å². The molecule has 1 amide bonds. The molecule has 5 nitrogen and oxygen atoms in total. The number of halogens is 2. The quantitative estimate of drug-likeness (QED) is 0.763. The highest BCUT2D eigenvalue weighted by Gasteiger charge is 2.10. The molecule has 0 saturated carbocycles. The van der Waals surface area contributed by atoms with Gasteiger partial charge < -0.3 is 16.2 Å². The molecule has 0 aliphatic carbocycles. The molecule has 0 radical (unpaired) electrons. The molecule has 0 atom stereocenters. The molecule has 0 fully saturated rings. The van der Waals surface area contributed by atoms with Gasteiger partial charge in [0.1, 0.15) is 5.69 Å². The lowest BCUT2D eigenvalue weighted by molar-refractivity contribution is 0.0798. The summed E-state index contributed by atoms with van der Waals surface area (Å²) in [5, 5.41) is 0. The molecule has 4 N–H and O–H groups in total. The third kappa shape index (κ3) is 3.04. The zero-order chi connectivity index (χ0) is 11.4. The van der Waals surface area contributed by atoms with Crippen LogP contribution in [-0.4, -0.2) is 23.9 Å². The Morgan fingerprint density at radius 2 is 2.20 bits per heavy atom. The molecule has 82 valence electrons. The Labute approximate surface area is 84.0 Å². The van der Waals surface area contributed by atoms with Gasteiger partial charge in [0.2, 0.25) is 5.88 Å². The molecule has 15 heavy (non-hydrogen) atoms. The third-order valence-corrected chi connectivity index (χ3v) is 1.49. The Hall–Kier alpha value is -1.92. The fourth-order valence-corrected chi connectivity index (χ4v) is 0.846. The van der Waals surface area contributed by atoms with E-state index in [9.17, 15) is 13.6 Å². The van der Waals surface area contributed by atoms with Crippen molar-refractivity contribution in [3.63, 3.8) is 0 Å². The number of carbonyl (C=O) groups excluding carboxylic acids is 1. The van der Waals surface area contributed by atoms with Gasteiger partial charge in [0.15, 0.2) is 6.61 Å². The monoisotopic (exact) mass is 217 g/mol. The predicted octanol–water partition coefficient (Wildman–Crippen LogP) is 0.407. The third-order valence-electron chi connectivity index (χ3n) is 1.49. The molecule has 1 aromatic heterocycles. The van der Waals surface area contributed by atoms with Gasteiger partial charge in [-0.15, -0.1) is 0 Å². The number of ether oxygens (including phenoxy) is 1. The van der Waals surface area contributed by atoms with Crippen molar-refractivity contribution >= 4 is 11.6 Å². The van der Waals surface area contributed by atoms with Gasteiger partial charge in [-0.3, -0.25) is 4.79 Å². The molecule has 0 aliphatic rings. The normalized spacial score (nSPS) is 10.3. The molecule has 0 saturated heterocycles. The van der Waals surface area contributed by atoms with Crippen molar-refractivity contribution < 1.29 is 18.3 Å². The van der Waals surface area contributed by atoms with Crippen LogP contribution in [0, 0.1) is 0 Å². The molecule has 1 aromatic rings. The number of anilines is 1. The van der Waals surface area contributed by atoms with Crippen molar-refractivity contribution in [1.29, 1.82) is 0 Å². The van der Waals surface area contributed by atoms with E-state index in [4.69, 9.17) is 11.5 Å². The van der Waals surface area contributed by atoms with Crippen LogP contribution in [0.5, 0.6) is 5.88 Å². The molecular weight excluding hydrogens is 208 g/mol. The maximum absolute atomic E-state index is 11.8. The molecule has 1 rings (SSSR count). The first-order valence-corrected chi connectivity index (χ1v) is 3.98. The predicted molar refractivity (Wildman–Crippen MR) is 48.7 cm³/mol. The van der Waals surface area contributed by atoms with Crippen LogP contribution in [0.4, 0.5) is 14.5 Å². The average Bonchev–Trinajstić information content (AvgIpc) is 2.16. The van der Waals surface area contributed by atoms with E-state index in [2.05, 4.69) is 9.72 Å². The summed E-state index contributed by atoms with van der Waals surface area (Å²) >= 11 is 0. The second kappa shape index (κ2) is 4.54. The van der Waals surface area contributed by atoms with Crippen LogP contribution in [0.3, 0.4) is 0 Å². The molecule has 7 heteroatoms. The van der Waals surface area contributed by atoms with Crippen molar-refractivity contribution in [2.75, 3.05) is 12.3 Å². The van der Waals surface area contributed by atoms with E-state index in [1.165, 1.54) is 12.1 Å². The minimum absolute atomic E-state index is 0.0700. The number of nitrogen functional groups attached to an aromatic ring is 1. The number of amides is 1. The van der Waals surface area contributed by atoms with E-state index in [0.29, 0.717) is 0 Å². The van der Waals surface area contributed by atoms with Gasteiger partial charge in [0.05, 0.1) is 5.69 Å². The van der Waals surface area contributed by atoms with Crippen LogP contribution >= 0.6 is 0 Å². The van der Waals surface area contributed by atoms with E-state index < -0.39 is 18.9 Å². The van der Waals surface area contributed by atoms with Gasteiger partial charge in [0, 0.05) is 0 Å². The van der Waals surface area contributed by atoms with Crippen LogP contribution in [-0.2, 0) is 0 Å². The van der Waals surface area contributed by atoms with Crippen molar-refractivity contribution in [1.82, 2.24) is 4.98 Å². The fraction of sp³-hybridized carbons (Fsp3) is 0.250. The van der Waals surface area contributed by atoms with E-state index in [1.54, 1.807) is 0 Å². The number of primary amides is 1. The smallest absolute Gasteiger partial charge is 0.272 e. The number of rotatable bonds is 4. The number of alkyl halides is 2. The van der Waals surface area contributed by atoms with Crippen LogP contribution in [0.1, 0.15) is 10.5 Å². The first kappa shape index (κ1) is 11.2. The maximum Gasteiger partial charge on any atom is 0.272 e. The van der Waals surface area contributed by atoms with Gasteiger partial charge in [-0.1, -0.05) is 0 Å². The van der Waals surface area contributed by atoms with Crippen LogP contribution in [0.2, 0.25) is 0 Å². The fourth-order valence-electron chi connectivity index (χ4n) is 0.846. The summed E-state index contributed by atoms with van der Waals surface area (Å²) in [7, 11) is 0. The van der Waals surface area contributed by atoms with Crippen LogP contribution in [0.15, 0.2) is 12.1 Å².